The Morgan fingerprint density at radius 2 is 2.00 bits per heavy atom. The maximum atomic E-state index is 12.3. The molecule has 1 amide bonds. The van der Waals surface area contributed by atoms with E-state index in [2.05, 4.69) is 37.2 Å². The number of halogens is 2. The molecule has 0 radical (unpaired) electrons. The average Bonchev–Trinajstić information content (AvgIpc) is 2.57. The Bertz CT molecular complexity index is 826. The molecule has 0 saturated carbocycles. The minimum Gasteiger partial charge on any atom is -0.493 e. The highest BCUT2D eigenvalue weighted by Crippen LogP contribution is 2.27. The van der Waals surface area contributed by atoms with Gasteiger partial charge >= 0.3 is 0 Å². The first-order chi connectivity index (χ1) is 11.5. The van der Waals surface area contributed by atoms with Gasteiger partial charge in [-0.1, -0.05) is 18.2 Å². The van der Waals surface area contributed by atoms with E-state index in [1.54, 1.807) is 30.3 Å². The molecule has 6 heteroatoms. The van der Waals surface area contributed by atoms with E-state index in [0.29, 0.717) is 18.0 Å². The van der Waals surface area contributed by atoms with E-state index in [1.165, 1.54) is 6.08 Å². The van der Waals surface area contributed by atoms with Crippen LogP contribution in [0.15, 0.2) is 57.0 Å². The fraction of sp³-hybridized carbons (Fsp3) is 0.111. The molecule has 2 aromatic rings. The van der Waals surface area contributed by atoms with Crippen molar-refractivity contribution in [3.05, 3.63) is 62.5 Å². The first-order valence-electron chi connectivity index (χ1n) is 7.15. The van der Waals surface area contributed by atoms with E-state index in [0.717, 1.165) is 14.5 Å². The predicted octanol–water partition coefficient (Wildman–Crippen LogP) is 5.16. The van der Waals surface area contributed by atoms with Gasteiger partial charge in [-0.15, -0.1) is 0 Å². The monoisotopic (exact) mass is 448 g/mol. The molecule has 0 aromatic heterocycles. The van der Waals surface area contributed by atoms with Crippen molar-refractivity contribution in [3.63, 3.8) is 0 Å². The van der Waals surface area contributed by atoms with Gasteiger partial charge in [0.25, 0.3) is 5.91 Å². The third kappa shape index (κ3) is 4.70. The predicted molar refractivity (Wildman–Crippen MR) is 102 cm³/mol. The molecule has 0 atom stereocenters. The van der Waals surface area contributed by atoms with Gasteiger partial charge in [0.15, 0.2) is 0 Å². The summed E-state index contributed by atoms with van der Waals surface area (Å²) in [6, 6.07) is 14.5. The molecule has 122 valence electrons. The summed E-state index contributed by atoms with van der Waals surface area (Å²) in [7, 11) is 0. The number of ether oxygens (including phenoxy) is 1. The summed E-state index contributed by atoms with van der Waals surface area (Å²) in [5.74, 6) is 0.250. The van der Waals surface area contributed by atoms with Crippen LogP contribution in [0.2, 0.25) is 0 Å². The molecule has 4 nitrogen and oxygen atoms in total. The van der Waals surface area contributed by atoms with Crippen LogP contribution in [0.4, 0.5) is 5.69 Å². The van der Waals surface area contributed by atoms with Crippen molar-refractivity contribution in [2.24, 2.45) is 0 Å². The number of nitriles is 1. The third-order valence-corrected chi connectivity index (χ3v) is 4.37. The van der Waals surface area contributed by atoms with E-state index in [9.17, 15) is 10.1 Å². The lowest BCUT2D eigenvalue weighted by Crippen LogP contribution is -2.13. The highest BCUT2D eigenvalue weighted by Gasteiger charge is 2.11. The van der Waals surface area contributed by atoms with Crippen LogP contribution in [0, 0.1) is 11.3 Å². The first-order valence-corrected chi connectivity index (χ1v) is 8.73. The summed E-state index contributed by atoms with van der Waals surface area (Å²) >= 11 is 6.77. The molecular formula is C18H14Br2N2O2. The normalized spacial score (nSPS) is 10.8. The maximum absolute atomic E-state index is 12.3. The van der Waals surface area contributed by atoms with Gasteiger partial charge in [-0.05, 0) is 74.7 Å². The maximum Gasteiger partial charge on any atom is 0.266 e. The Kier molecular flexibility index (Phi) is 6.59. The number of hydrogen-bond acceptors (Lipinski definition) is 3. The molecule has 0 spiro atoms. The summed E-state index contributed by atoms with van der Waals surface area (Å²) in [4.78, 5) is 12.3. The Balaban J connectivity index is 2.23. The SMILES string of the molecule is CCOc1ccc(C=C(C#N)C(=O)Nc2ccccc2Br)cc1Br. The van der Waals surface area contributed by atoms with Crippen molar-refractivity contribution in [2.75, 3.05) is 11.9 Å². The number of rotatable bonds is 5. The number of carbonyl (C=O) groups is 1. The lowest BCUT2D eigenvalue weighted by atomic mass is 10.1. The second kappa shape index (κ2) is 8.67. The van der Waals surface area contributed by atoms with Crippen molar-refractivity contribution in [3.8, 4) is 11.8 Å². The van der Waals surface area contributed by atoms with Gasteiger partial charge in [0.2, 0.25) is 0 Å². The van der Waals surface area contributed by atoms with Crippen LogP contribution >= 0.6 is 31.9 Å². The smallest absolute Gasteiger partial charge is 0.266 e. The highest BCUT2D eigenvalue weighted by molar-refractivity contribution is 9.11. The van der Waals surface area contributed by atoms with Crippen LogP contribution in [0.1, 0.15) is 12.5 Å². The number of amides is 1. The quantitative estimate of drug-likeness (QED) is 0.506. The minimum atomic E-state index is -0.464. The second-order valence-corrected chi connectivity index (χ2v) is 6.44. The molecule has 24 heavy (non-hydrogen) atoms. The second-order valence-electron chi connectivity index (χ2n) is 4.73. The van der Waals surface area contributed by atoms with Gasteiger partial charge in [-0.3, -0.25) is 4.79 Å². The third-order valence-electron chi connectivity index (χ3n) is 3.05. The summed E-state index contributed by atoms with van der Waals surface area (Å²) in [5, 5.41) is 12.0. The van der Waals surface area contributed by atoms with Gasteiger partial charge in [0, 0.05) is 4.47 Å². The van der Waals surface area contributed by atoms with E-state index in [1.807, 2.05) is 25.1 Å². The standard InChI is InChI=1S/C18H14Br2N2O2/c1-2-24-17-8-7-12(10-15(17)20)9-13(11-21)18(23)22-16-6-4-3-5-14(16)19/h3-10H,2H2,1H3,(H,22,23). The fourth-order valence-corrected chi connectivity index (χ4v) is 2.84. The van der Waals surface area contributed by atoms with Gasteiger partial charge < -0.3 is 10.1 Å². The zero-order valence-corrected chi connectivity index (χ0v) is 16.0. The van der Waals surface area contributed by atoms with E-state index < -0.39 is 5.91 Å². The zero-order chi connectivity index (χ0) is 17.5. The molecule has 0 unspecified atom stereocenters. The Morgan fingerprint density at radius 3 is 2.62 bits per heavy atom. The summed E-state index contributed by atoms with van der Waals surface area (Å²) < 4.78 is 6.96. The number of anilines is 1. The number of para-hydroxylation sites is 1. The molecule has 0 fully saturated rings. The number of benzene rings is 2. The molecule has 2 aromatic carbocycles. The molecule has 0 saturated heterocycles. The number of nitrogens with one attached hydrogen (secondary N) is 1. The minimum absolute atomic E-state index is 0.0156. The van der Waals surface area contributed by atoms with Crippen molar-refractivity contribution >= 4 is 49.5 Å². The molecule has 0 aliphatic rings. The van der Waals surface area contributed by atoms with Crippen LogP contribution in [0.3, 0.4) is 0 Å². The van der Waals surface area contributed by atoms with Crippen LogP contribution in [-0.2, 0) is 4.79 Å². The summed E-state index contributed by atoms with van der Waals surface area (Å²) in [5.41, 5.74) is 1.35. The number of hydrogen-bond donors (Lipinski definition) is 1. The van der Waals surface area contributed by atoms with Crippen LogP contribution < -0.4 is 10.1 Å². The van der Waals surface area contributed by atoms with Crippen molar-refractivity contribution in [1.29, 1.82) is 5.26 Å². The van der Waals surface area contributed by atoms with Crippen LogP contribution in [0.5, 0.6) is 5.75 Å². The first kappa shape index (κ1) is 18.2. The zero-order valence-electron chi connectivity index (χ0n) is 12.8. The fourth-order valence-electron chi connectivity index (χ4n) is 1.95. The molecule has 0 bridgehead atoms. The topological polar surface area (TPSA) is 62.1 Å². The van der Waals surface area contributed by atoms with Crippen molar-refractivity contribution < 1.29 is 9.53 Å². The molecule has 0 aliphatic carbocycles. The molecule has 1 N–H and O–H groups in total. The number of nitrogens with zero attached hydrogens (tertiary/aromatic N) is 1. The number of carbonyl (C=O) groups excluding carboxylic acids is 1. The van der Waals surface area contributed by atoms with E-state index >= 15 is 0 Å². The molecule has 0 heterocycles. The lowest BCUT2D eigenvalue weighted by Gasteiger charge is -2.08. The molecular weight excluding hydrogens is 436 g/mol. The van der Waals surface area contributed by atoms with Gasteiger partial charge in [0.1, 0.15) is 17.4 Å². The highest BCUT2D eigenvalue weighted by atomic mass is 79.9. The summed E-state index contributed by atoms with van der Waals surface area (Å²) in [6.45, 7) is 2.46. The molecule has 0 aliphatic heterocycles. The largest absolute Gasteiger partial charge is 0.493 e. The van der Waals surface area contributed by atoms with Crippen molar-refractivity contribution in [1.82, 2.24) is 0 Å². The van der Waals surface area contributed by atoms with Gasteiger partial charge in [-0.2, -0.15) is 5.26 Å². The average molecular weight is 450 g/mol. The Labute approximate surface area is 157 Å². The molecule has 2 rings (SSSR count). The van der Waals surface area contributed by atoms with Crippen LogP contribution in [-0.4, -0.2) is 12.5 Å². The Hall–Kier alpha value is -2.10. The van der Waals surface area contributed by atoms with Gasteiger partial charge in [0.05, 0.1) is 16.8 Å². The van der Waals surface area contributed by atoms with Crippen molar-refractivity contribution in [2.45, 2.75) is 6.92 Å². The van der Waals surface area contributed by atoms with E-state index in [4.69, 9.17) is 4.74 Å². The van der Waals surface area contributed by atoms with E-state index in [-0.39, 0.29) is 5.57 Å². The van der Waals surface area contributed by atoms with Crippen LogP contribution in [0.25, 0.3) is 6.08 Å². The lowest BCUT2D eigenvalue weighted by molar-refractivity contribution is -0.112. The van der Waals surface area contributed by atoms with Gasteiger partial charge in [-0.25, -0.2) is 0 Å². The Morgan fingerprint density at radius 1 is 1.25 bits per heavy atom. The summed E-state index contributed by atoms with van der Waals surface area (Å²) in [6.07, 6.45) is 1.53.